The largest absolute Gasteiger partial charge is 0.384 e. The van der Waals surface area contributed by atoms with Crippen LogP contribution in [0.25, 0.3) is 0 Å². The lowest BCUT2D eigenvalue weighted by Crippen LogP contribution is -2.33. The number of hydrogen-bond donors (Lipinski definition) is 1. The lowest BCUT2D eigenvalue weighted by atomic mass is 10.0. The van der Waals surface area contributed by atoms with E-state index in [0.717, 1.165) is 5.56 Å². The first-order chi connectivity index (χ1) is 11.5. The van der Waals surface area contributed by atoms with Crippen molar-refractivity contribution in [2.45, 2.75) is 56.2 Å². The minimum absolute atomic E-state index is 0.528. The first kappa shape index (κ1) is 19.9. The molecule has 1 N–H and O–H groups in total. The van der Waals surface area contributed by atoms with Gasteiger partial charge in [0.15, 0.2) is 8.24 Å². The van der Waals surface area contributed by atoms with E-state index in [-0.39, 0.29) is 0 Å². The zero-order valence-corrected chi connectivity index (χ0v) is 17.8. The highest BCUT2D eigenvalue weighted by atomic mass is 32.2. The zero-order chi connectivity index (χ0) is 18.9. The average Bonchev–Trinajstić information content (AvgIpc) is 2.52. The van der Waals surface area contributed by atoms with E-state index >= 15 is 0 Å². The third-order valence-electron chi connectivity index (χ3n) is 3.86. The van der Waals surface area contributed by atoms with Crippen molar-refractivity contribution in [1.29, 1.82) is 0 Å². The Labute approximate surface area is 153 Å². The van der Waals surface area contributed by atoms with Crippen LogP contribution in [0.5, 0.6) is 0 Å². The smallest absolute Gasteiger partial charge is 0.185 e. The van der Waals surface area contributed by atoms with Crippen LogP contribution in [0.3, 0.4) is 0 Å². The van der Waals surface area contributed by atoms with Gasteiger partial charge in [0.2, 0.25) is 0 Å². The second-order valence-electron chi connectivity index (χ2n) is 8.25. The second-order valence-corrected chi connectivity index (χ2v) is 16.0. The third-order valence-corrected chi connectivity index (χ3v) is 9.71. The lowest BCUT2D eigenvalue weighted by Gasteiger charge is -2.30. The van der Waals surface area contributed by atoms with E-state index in [0.29, 0.717) is 10.5 Å². The summed E-state index contributed by atoms with van der Waals surface area (Å²) in [5.41, 5.74) is 1.47. The molecule has 0 bridgehead atoms. The van der Waals surface area contributed by atoms with Gasteiger partial charge in [0.05, 0.1) is 14.6 Å². The van der Waals surface area contributed by atoms with Crippen molar-refractivity contribution in [3.8, 4) is 0 Å². The Hall–Kier alpha value is -1.43. The van der Waals surface area contributed by atoms with Gasteiger partial charge in [0, 0.05) is 10.3 Å². The molecule has 0 aliphatic heterocycles. The van der Waals surface area contributed by atoms with Gasteiger partial charge in [0.25, 0.3) is 0 Å². The van der Waals surface area contributed by atoms with Crippen molar-refractivity contribution in [2.75, 3.05) is 0 Å². The van der Waals surface area contributed by atoms with Crippen LogP contribution in [-0.2, 0) is 9.73 Å². The van der Waals surface area contributed by atoms with Gasteiger partial charge >= 0.3 is 0 Å². The predicted molar refractivity (Wildman–Crippen MR) is 109 cm³/mol. The van der Waals surface area contributed by atoms with Crippen molar-refractivity contribution < 1.29 is 9.32 Å². The van der Waals surface area contributed by atoms with Crippen molar-refractivity contribution in [3.63, 3.8) is 0 Å². The first-order valence-electron chi connectivity index (χ1n) is 8.55. The molecule has 0 aromatic heterocycles. The normalized spacial score (nSPS) is 16.1. The molecule has 0 fully saturated rings. The summed E-state index contributed by atoms with van der Waals surface area (Å²) in [4.78, 5) is 0.654. The molecule has 2 aromatic carbocycles. The number of aliphatic hydroxyl groups excluding tert-OH is 1. The fourth-order valence-corrected chi connectivity index (χ4v) is 8.67. The molecular weight excluding hydrogens is 346 g/mol. The summed E-state index contributed by atoms with van der Waals surface area (Å²) in [6.45, 7) is 12.2. The van der Waals surface area contributed by atoms with Crippen LogP contribution in [0.1, 0.15) is 38.0 Å². The summed E-state index contributed by atoms with van der Waals surface area (Å²) < 4.78 is 18.5. The van der Waals surface area contributed by atoms with E-state index < -0.39 is 28.8 Å². The van der Waals surface area contributed by atoms with Crippen LogP contribution in [0.2, 0.25) is 19.6 Å². The van der Waals surface area contributed by atoms with E-state index in [4.69, 9.17) is 4.03 Å². The molecular formula is C20H29NO2SSi. The van der Waals surface area contributed by atoms with Gasteiger partial charge in [-0.15, -0.1) is 0 Å². The summed E-state index contributed by atoms with van der Waals surface area (Å²) in [6.07, 6.45) is -0.822. The Morgan fingerprint density at radius 1 is 0.960 bits per heavy atom. The predicted octanol–water partition coefficient (Wildman–Crippen LogP) is 5.23. The molecule has 0 radical (unpaired) electrons. The van der Waals surface area contributed by atoms with E-state index in [2.05, 4.69) is 19.6 Å². The van der Waals surface area contributed by atoms with Crippen LogP contribution in [0.4, 0.5) is 0 Å². The van der Waals surface area contributed by atoms with E-state index in [1.54, 1.807) is 0 Å². The van der Waals surface area contributed by atoms with Crippen LogP contribution in [-0.4, -0.2) is 22.3 Å². The molecule has 0 aliphatic rings. The topological polar surface area (TPSA) is 49.7 Å². The van der Waals surface area contributed by atoms with Gasteiger partial charge in [-0.2, -0.15) is 0 Å². The summed E-state index contributed by atoms with van der Waals surface area (Å²) in [5.74, 6) is 0. The third kappa shape index (κ3) is 4.40. The van der Waals surface area contributed by atoms with Crippen LogP contribution < -0.4 is 0 Å². The van der Waals surface area contributed by atoms with Crippen molar-refractivity contribution in [2.24, 2.45) is 4.03 Å². The number of aliphatic hydroxyl groups is 1. The number of benzene rings is 2. The maximum Gasteiger partial charge on any atom is 0.185 e. The first-order valence-corrected chi connectivity index (χ1v) is 13.5. The maximum atomic E-state index is 14.1. The standard InChI is InChI=1S/C20H29NO2SSi/c1-20(2,3)24(23,21-25(4,5)6)18-15-11-10-14-17(18)19(22)16-12-8-7-9-13-16/h7-15,19,22H,1-6H3. The summed E-state index contributed by atoms with van der Waals surface area (Å²) in [7, 11) is -4.65. The van der Waals surface area contributed by atoms with Crippen molar-refractivity contribution in [3.05, 3.63) is 65.7 Å². The lowest BCUT2D eigenvalue weighted by molar-refractivity contribution is 0.217. The molecule has 25 heavy (non-hydrogen) atoms. The highest BCUT2D eigenvalue weighted by Crippen LogP contribution is 2.36. The Morgan fingerprint density at radius 2 is 1.48 bits per heavy atom. The zero-order valence-electron chi connectivity index (χ0n) is 16.0. The Balaban J connectivity index is 2.75. The fourth-order valence-electron chi connectivity index (χ4n) is 2.67. The Bertz CT molecular complexity index is 842. The minimum Gasteiger partial charge on any atom is -0.384 e. The van der Waals surface area contributed by atoms with Gasteiger partial charge in [-0.05, 0) is 52.0 Å². The number of nitrogens with zero attached hydrogens (tertiary/aromatic N) is 1. The number of hydrogen-bond acceptors (Lipinski definition) is 3. The summed E-state index contributed by atoms with van der Waals surface area (Å²) in [5, 5.41) is 10.9. The van der Waals surface area contributed by atoms with Crippen molar-refractivity contribution in [1.82, 2.24) is 0 Å². The van der Waals surface area contributed by atoms with E-state index in [1.807, 2.05) is 75.4 Å². The monoisotopic (exact) mass is 375 g/mol. The van der Waals surface area contributed by atoms with Gasteiger partial charge in [-0.25, -0.2) is 4.21 Å². The van der Waals surface area contributed by atoms with E-state index in [1.165, 1.54) is 0 Å². The highest BCUT2D eigenvalue weighted by molar-refractivity contribution is 7.95. The maximum absolute atomic E-state index is 14.1. The molecule has 0 saturated carbocycles. The average molecular weight is 376 g/mol. The van der Waals surface area contributed by atoms with Gasteiger partial charge in [0.1, 0.15) is 6.10 Å². The molecule has 2 rings (SSSR count). The molecule has 0 saturated heterocycles. The molecule has 136 valence electrons. The summed E-state index contributed by atoms with van der Waals surface area (Å²) in [6, 6.07) is 17.0. The molecule has 2 atom stereocenters. The second kappa shape index (κ2) is 7.06. The summed E-state index contributed by atoms with van der Waals surface area (Å²) >= 11 is 0. The van der Waals surface area contributed by atoms with Gasteiger partial charge in [-0.1, -0.05) is 48.5 Å². The number of rotatable bonds is 4. The minimum atomic E-state index is -2.70. The molecule has 0 amide bonds. The van der Waals surface area contributed by atoms with Crippen molar-refractivity contribution >= 4 is 18.0 Å². The molecule has 5 heteroatoms. The van der Waals surface area contributed by atoms with Crippen LogP contribution >= 0.6 is 0 Å². The SMILES string of the molecule is CC(C)(C)S(=O)(=N[Si](C)(C)C)c1ccccc1C(O)c1ccccc1. The molecule has 0 heterocycles. The highest BCUT2D eigenvalue weighted by Gasteiger charge is 2.34. The van der Waals surface area contributed by atoms with Crippen LogP contribution in [0.15, 0.2) is 63.5 Å². The van der Waals surface area contributed by atoms with Gasteiger partial charge < -0.3 is 5.11 Å². The molecule has 0 aliphatic carbocycles. The molecule has 2 aromatic rings. The Kier molecular flexibility index (Phi) is 5.61. The van der Waals surface area contributed by atoms with E-state index in [9.17, 15) is 9.32 Å². The molecule has 2 unspecified atom stereocenters. The Morgan fingerprint density at radius 3 is 2.00 bits per heavy atom. The fraction of sp³-hybridized carbons (Fsp3) is 0.400. The van der Waals surface area contributed by atoms with Crippen LogP contribution in [0, 0.1) is 0 Å². The molecule has 3 nitrogen and oxygen atoms in total. The van der Waals surface area contributed by atoms with Gasteiger partial charge in [-0.3, -0.25) is 4.03 Å². The molecule has 0 spiro atoms. The quantitative estimate of drug-likeness (QED) is 0.744.